The van der Waals surface area contributed by atoms with Crippen LogP contribution in [0.4, 0.5) is 5.69 Å². The molecule has 2 aromatic heterocycles. The average Bonchev–Trinajstić information content (AvgIpc) is 3.16. The first-order valence-electron chi connectivity index (χ1n) is 9.20. The van der Waals surface area contributed by atoms with Crippen LogP contribution < -0.4 is 5.32 Å². The molecule has 3 aromatic rings. The van der Waals surface area contributed by atoms with Gasteiger partial charge < -0.3 is 14.6 Å². The molecule has 27 heavy (non-hydrogen) atoms. The van der Waals surface area contributed by atoms with Gasteiger partial charge >= 0.3 is 0 Å². The molecule has 0 radical (unpaired) electrons. The van der Waals surface area contributed by atoms with Crippen molar-refractivity contribution in [2.45, 2.75) is 19.8 Å². The number of pyridine rings is 1. The fourth-order valence-corrected chi connectivity index (χ4v) is 3.49. The summed E-state index contributed by atoms with van der Waals surface area (Å²) in [5.41, 5.74) is 3.30. The molecule has 1 fully saturated rings. The van der Waals surface area contributed by atoms with Crippen LogP contribution in [0.25, 0.3) is 5.65 Å². The first kappa shape index (κ1) is 17.3. The van der Waals surface area contributed by atoms with E-state index in [1.165, 1.54) is 0 Å². The number of hydrogen-bond donors (Lipinski definition) is 1. The monoisotopic (exact) mass is 362 g/mol. The van der Waals surface area contributed by atoms with Gasteiger partial charge in [-0.25, -0.2) is 4.98 Å². The summed E-state index contributed by atoms with van der Waals surface area (Å²) < 4.78 is 1.89. The molecule has 1 aliphatic rings. The van der Waals surface area contributed by atoms with Crippen molar-refractivity contribution in [3.63, 3.8) is 0 Å². The molecule has 1 unspecified atom stereocenters. The fourth-order valence-electron chi connectivity index (χ4n) is 3.49. The second-order valence-electron chi connectivity index (χ2n) is 7.05. The largest absolute Gasteiger partial charge is 0.338 e. The van der Waals surface area contributed by atoms with E-state index in [0.717, 1.165) is 29.7 Å². The van der Waals surface area contributed by atoms with Gasteiger partial charge in [-0.1, -0.05) is 17.7 Å². The van der Waals surface area contributed by atoms with E-state index in [-0.39, 0.29) is 17.7 Å². The van der Waals surface area contributed by atoms with E-state index in [0.29, 0.717) is 18.7 Å². The van der Waals surface area contributed by atoms with Gasteiger partial charge in [-0.3, -0.25) is 9.59 Å². The number of nitrogens with one attached hydrogen (secondary N) is 1. The van der Waals surface area contributed by atoms with E-state index in [1.807, 2.05) is 60.1 Å². The Labute approximate surface area is 157 Å². The Morgan fingerprint density at radius 1 is 1.15 bits per heavy atom. The highest BCUT2D eigenvalue weighted by Gasteiger charge is 2.29. The minimum atomic E-state index is -0.205. The van der Waals surface area contributed by atoms with Crippen LogP contribution in [0, 0.1) is 12.8 Å². The predicted molar refractivity (Wildman–Crippen MR) is 104 cm³/mol. The Bertz CT molecular complexity index is 977. The van der Waals surface area contributed by atoms with Gasteiger partial charge in [0, 0.05) is 49.0 Å². The molecule has 1 N–H and O–H groups in total. The third-order valence-electron chi connectivity index (χ3n) is 5.04. The van der Waals surface area contributed by atoms with Crippen LogP contribution in [0.1, 0.15) is 28.8 Å². The number of benzene rings is 1. The molecule has 3 heterocycles. The van der Waals surface area contributed by atoms with E-state index in [1.54, 1.807) is 11.1 Å². The maximum absolute atomic E-state index is 12.7. The van der Waals surface area contributed by atoms with E-state index < -0.39 is 0 Å². The van der Waals surface area contributed by atoms with Crippen LogP contribution in [-0.4, -0.2) is 39.2 Å². The number of aryl methyl sites for hydroxylation is 1. The number of fused-ring (bicyclic) bond motifs is 1. The number of nitrogens with zero attached hydrogens (tertiary/aromatic N) is 3. The summed E-state index contributed by atoms with van der Waals surface area (Å²) in [5.74, 6) is -0.261. The van der Waals surface area contributed by atoms with Crippen molar-refractivity contribution < 1.29 is 9.59 Å². The Balaban J connectivity index is 1.43. The average molecular weight is 362 g/mol. The first-order chi connectivity index (χ1) is 13.1. The molecule has 1 aromatic carbocycles. The lowest BCUT2D eigenvalue weighted by Gasteiger charge is -2.32. The lowest BCUT2D eigenvalue weighted by atomic mass is 9.96. The van der Waals surface area contributed by atoms with Crippen LogP contribution in [0.3, 0.4) is 0 Å². The molecule has 1 saturated heterocycles. The number of piperidine rings is 1. The Kier molecular flexibility index (Phi) is 4.62. The summed E-state index contributed by atoms with van der Waals surface area (Å²) in [6.07, 6.45) is 7.06. The highest BCUT2D eigenvalue weighted by molar-refractivity contribution is 5.96. The van der Waals surface area contributed by atoms with Crippen LogP contribution in [0.5, 0.6) is 0 Å². The second kappa shape index (κ2) is 7.23. The molecule has 0 aliphatic carbocycles. The number of imidazole rings is 1. The standard InChI is InChI=1S/C21H22N4O2/c1-15-4-6-16(7-5-15)21(27)25-10-2-3-17(14-25)20(26)23-18-8-11-24-12-9-22-19(24)13-18/h4-9,11-13,17H,2-3,10,14H2,1H3,(H,23,26). The van der Waals surface area contributed by atoms with Gasteiger partial charge in [0.25, 0.3) is 5.91 Å². The Hall–Kier alpha value is -3.15. The number of aromatic nitrogens is 2. The highest BCUT2D eigenvalue weighted by atomic mass is 16.2. The maximum atomic E-state index is 12.7. The number of anilines is 1. The number of hydrogen-bond acceptors (Lipinski definition) is 3. The van der Waals surface area contributed by atoms with Crippen molar-refractivity contribution in [2.24, 2.45) is 5.92 Å². The molecule has 2 amide bonds. The molecular weight excluding hydrogens is 340 g/mol. The van der Waals surface area contributed by atoms with Gasteiger partial charge in [0.05, 0.1) is 5.92 Å². The molecule has 6 heteroatoms. The molecule has 138 valence electrons. The van der Waals surface area contributed by atoms with Crippen molar-refractivity contribution in [1.82, 2.24) is 14.3 Å². The minimum absolute atomic E-state index is 0.00805. The minimum Gasteiger partial charge on any atom is -0.338 e. The molecule has 4 rings (SSSR count). The van der Waals surface area contributed by atoms with Crippen molar-refractivity contribution in [2.75, 3.05) is 18.4 Å². The van der Waals surface area contributed by atoms with Gasteiger partial charge in [-0.2, -0.15) is 0 Å². The summed E-state index contributed by atoms with van der Waals surface area (Å²) in [5, 5.41) is 2.97. The molecule has 0 spiro atoms. The SMILES string of the molecule is Cc1ccc(C(=O)N2CCCC(C(=O)Nc3ccn4ccnc4c3)C2)cc1. The molecular formula is C21H22N4O2. The summed E-state index contributed by atoms with van der Waals surface area (Å²) in [4.78, 5) is 31.5. The topological polar surface area (TPSA) is 66.7 Å². The number of carbonyl (C=O) groups excluding carboxylic acids is 2. The Morgan fingerprint density at radius 2 is 1.96 bits per heavy atom. The van der Waals surface area contributed by atoms with Gasteiger partial charge in [0.1, 0.15) is 5.65 Å². The fraction of sp³-hybridized carbons (Fsp3) is 0.286. The van der Waals surface area contributed by atoms with Crippen molar-refractivity contribution in [1.29, 1.82) is 0 Å². The summed E-state index contributed by atoms with van der Waals surface area (Å²) in [7, 11) is 0. The van der Waals surface area contributed by atoms with Gasteiger partial charge in [-0.05, 0) is 38.0 Å². The maximum Gasteiger partial charge on any atom is 0.253 e. The van der Waals surface area contributed by atoms with Gasteiger partial charge in [0.2, 0.25) is 5.91 Å². The number of amides is 2. The number of likely N-dealkylation sites (tertiary alicyclic amines) is 1. The van der Waals surface area contributed by atoms with Crippen molar-refractivity contribution in [3.8, 4) is 0 Å². The highest BCUT2D eigenvalue weighted by Crippen LogP contribution is 2.21. The van der Waals surface area contributed by atoms with Crippen LogP contribution in [0.2, 0.25) is 0 Å². The molecule has 0 bridgehead atoms. The van der Waals surface area contributed by atoms with Gasteiger partial charge in [0.15, 0.2) is 0 Å². The van der Waals surface area contributed by atoms with E-state index in [9.17, 15) is 9.59 Å². The van der Waals surface area contributed by atoms with Crippen molar-refractivity contribution in [3.05, 3.63) is 66.1 Å². The quantitative estimate of drug-likeness (QED) is 0.778. The van der Waals surface area contributed by atoms with Crippen LogP contribution in [-0.2, 0) is 4.79 Å². The third-order valence-corrected chi connectivity index (χ3v) is 5.04. The Morgan fingerprint density at radius 3 is 2.78 bits per heavy atom. The third kappa shape index (κ3) is 3.69. The van der Waals surface area contributed by atoms with Crippen LogP contribution >= 0.6 is 0 Å². The molecule has 6 nitrogen and oxygen atoms in total. The van der Waals surface area contributed by atoms with E-state index >= 15 is 0 Å². The molecule has 1 atom stereocenters. The first-order valence-corrected chi connectivity index (χ1v) is 9.20. The zero-order valence-electron chi connectivity index (χ0n) is 15.3. The predicted octanol–water partition coefficient (Wildman–Crippen LogP) is 3.13. The second-order valence-corrected chi connectivity index (χ2v) is 7.05. The molecule has 1 aliphatic heterocycles. The summed E-state index contributed by atoms with van der Waals surface area (Å²) in [6.45, 7) is 3.14. The summed E-state index contributed by atoms with van der Waals surface area (Å²) >= 11 is 0. The van der Waals surface area contributed by atoms with Crippen molar-refractivity contribution >= 4 is 23.1 Å². The lowest BCUT2D eigenvalue weighted by molar-refractivity contribution is -0.121. The number of carbonyl (C=O) groups is 2. The van der Waals surface area contributed by atoms with E-state index in [2.05, 4.69) is 10.3 Å². The lowest BCUT2D eigenvalue weighted by Crippen LogP contribution is -2.43. The van der Waals surface area contributed by atoms with Gasteiger partial charge in [-0.15, -0.1) is 0 Å². The van der Waals surface area contributed by atoms with E-state index in [4.69, 9.17) is 0 Å². The summed E-state index contributed by atoms with van der Waals surface area (Å²) in [6, 6.07) is 11.3. The molecule has 0 saturated carbocycles. The van der Waals surface area contributed by atoms with Crippen LogP contribution in [0.15, 0.2) is 55.0 Å². The zero-order valence-corrected chi connectivity index (χ0v) is 15.3. The zero-order chi connectivity index (χ0) is 18.8. The smallest absolute Gasteiger partial charge is 0.253 e. The number of rotatable bonds is 3. The normalized spacial score (nSPS) is 17.1.